The SMILES string of the molecule is O=S(=O)(N[C@@H](CO)[C@@H](c1cc(F)cc(F)c1)C(F)(F)F)c1ccc(Cl)s1.O=S(=O)(N[C@H](CO)[C@@H](c1cc(F)cc(F)c1)C(F)(F)F)c1ccc(Cl)s1.O=S(=O)(N[C@H](CO)[C@H](c1cc(F)cc(F)c1)C(F)(F)F)c1ccc(Cl)s1. The van der Waals surface area contributed by atoms with E-state index in [2.05, 4.69) is 0 Å². The maximum Gasteiger partial charge on any atom is 0.397 e. The van der Waals surface area contributed by atoms with E-state index in [-0.39, 0.29) is 25.6 Å². The smallest absolute Gasteiger partial charge is 0.395 e. The van der Waals surface area contributed by atoms with Gasteiger partial charge in [-0.3, -0.25) is 0 Å². The second-order valence-electron chi connectivity index (χ2n) is 15.6. The highest BCUT2D eigenvalue weighted by atomic mass is 35.5. The van der Waals surface area contributed by atoms with Crippen LogP contribution in [0.1, 0.15) is 34.4 Å². The lowest BCUT2D eigenvalue weighted by Crippen LogP contribution is -2.46. The van der Waals surface area contributed by atoms with E-state index in [9.17, 15) is 106 Å². The zero-order valence-electron chi connectivity index (χ0n) is 37.8. The van der Waals surface area contributed by atoms with Crippen LogP contribution in [0.3, 0.4) is 0 Å². The fourth-order valence-corrected chi connectivity index (χ4v) is 15.2. The molecule has 0 amide bonds. The van der Waals surface area contributed by atoms with E-state index >= 15 is 0 Å². The van der Waals surface area contributed by atoms with Crippen LogP contribution in [-0.4, -0.2) is 97.0 Å². The maximum atomic E-state index is 13.5. The van der Waals surface area contributed by atoms with Crippen molar-refractivity contribution in [2.75, 3.05) is 19.8 Å². The first-order valence-corrected chi connectivity index (χ1v) is 28.6. The number of hydrogen-bond donors (Lipinski definition) is 6. The predicted molar refractivity (Wildman–Crippen MR) is 257 cm³/mol. The average Bonchev–Trinajstić information content (AvgIpc) is 4.05. The molecule has 12 nitrogen and oxygen atoms in total. The molecule has 3 aromatic heterocycles. The highest BCUT2D eigenvalue weighted by molar-refractivity contribution is 7.92. The molecule has 0 radical (unpaired) electrons. The molecule has 0 unspecified atom stereocenters. The van der Waals surface area contributed by atoms with Crippen molar-refractivity contribution in [3.63, 3.8) is 0 Å². The van der Waals surface area contributed by atoms with Crippen LogP contribution >= 0.6 is 68.8 Å². The number of sulfonamides is 3. The van der Waals surface area contributed by atoms with Crippen LogP contribution in [-0.2, 0) is 30.1 Å². The highest BCUT2D eigenvalue weighted by Crippen LogP contribution is 2.42. The number of alkyl halides is 9. The van der Waals surface area contributed by atoms with Crippen molar-refractivity contribution in [3.05, 3.63) is 156 Å². The van der Waals surface area contributed by atoms with Gasteiger partial charge in [0.15, 0.2) is 0 Å². The van der Waals surface area contributed by atoms with Gasteiger partial charge in [0.05, 0.1) is 68.7 Å². The largest absolute Gasteiger partial charge is 0.397 e. The van der Waals surface area contributed by atoms with E-state index in [1.165, 1.54) is 18.2 Å². The molecule has 432 valence electrons. The van der Waals surface area contributed by atoms with Gasteiger partial charge < -0.3 is 15.3 Å². The number of rotatable bonds is 18. The van der Waals surface area contributed by atoms with E-state index < -0.39 is 156 Å². The third-order valence-corrected chi connectivity index (χ3v) is 19.6. The van der Waals surface area contributed by atoms with Crippen LogP contribution in [0, 0.1) is 34.9 Å². The van der Waals surface area contributed by atoms with Crippen molar-refractivity contribution in [2.45, 2.75) is 67.0 Å². The fraction of sp³-hybridized carbons (Fsp3) is 0.286. The molecule has 3 aromatic carbocycles. The van der Waals surface area contributed by atoms with Crippen LogP contribution in [0.4, 0.5) is 65.9 Å². The van der Waals surface area contributed by atoms with E-state index in [0.717, 1.165) is 18.2 Å². The molecule has 78 heavy (non-hydrogen) atoms. The summed E-state index contributed by atoms with van der Waals surface area (Å²) >= 11 is 18.6. The second kappa shape index (κ2) is 26.8. The fourth-order valence-electron chi connectivity index (χ4n) is 6.94. The Morgan fingerprint density at radius 3 is 0.718 bits per heavy atom. The number of thiophene rings is 3. The van der Waals surface area contributed by atoms with Gasteiger partial charge in [-0.25, -0.2) is 65.8 Å². The summed E-state index contributed by atoms with van der Waals surface area (Å²) < 4.78 is 279. The molecular formula is C42H33Cl3F15N3O9S6. The van der Waals surface area contributed by atoms with Crippen molar-refractivity contribution in [3.8, 4) is 0 Å². The summed E-state index contributed by atoms with van der Waals surface area (Å²) in [4.78, 5) is 0. The number of halogens is 18. The monoisotopic (exact) mass is 1300 g/mol. The molecular weight excluding hydrogens is 1270 g/mol. The number of nitrogens with one attached hydrogen (secondary N) is 3. The van der Waals surface area contributed by atoms with Crippen LogP contribution < -0.4 is 14.2 Å². The molecule has 6 atom stereocenters. The molecule has 0 fully saturated rings. The Kier molecular flexibility index (Phi) is 23.0. The number of hydrogen-bond acceptors (Lipinski definition) is 12. The molecule has 0 aliphatic carbocycles. The van der Waals surface area contributed by atoms with Gasteiger partial charge in [-0.1, -0.05) is 34.8 Å². The van der Waals surface area contributed by atoms with E-state index in [4.69, 9.17) is 34.8 Å². The van der Waals surface area contributed by atoms with Crippen LogP contribution in [0.5, 0.6) is 0 Å². The Balaban J connectivity index is 0.000000252. The van der Waals surface area contributed by atoms with E-state index in [1.807, 2.05) is 0 Å². The molecule has 36 heteroatoms. The second-order valence-corrected chi connectivity index (χ2v) is 26.5. The molecule has 6 N–H and O–H groups in total. The van der Waals surface area contributed by atoms with Gasteiger partial charge >= 0.3 is 18.5 Å². The summed E-state index contributed by atoms with van der Waals surface area (Å²) in [7, 11) is -13.3. The van der Waals surface area contributed by atoms with Crippen LogP contribution in [0.2, 0.25) is 13.0 Å². The van der Waals surface area contributed by atoms with Crippen LogP contribution in [0.25, 0.3) is 0 Å². The van der Waals surface area contributed by atoms with Gasteiger partial charge in [0.25, 0.3) is 0 Å². The van der Waals surface area contributed by atoms with Crippen molar-refractivity contribution in [1.82, 2.24) is 14.2 Å². The van der Waals surface area contributed by atoms with Crippen molar-refractivity contribution in [1.29, 1.82) is 0 Å². The van der Waals surface area contributed by atoms with Crippen molar-refractivity contribution in [2.24, 2.45) is 0 Å². The zero-order valence-corrected chi connectivity index (χ0v) is 45.0. The summed E-state index contributed by atoms with van der Waals surface area (Å²) in [6.45, 7) is -3.79. The predicted octanol–water partition coefficient (Wildman–Crippen LogP) is 11.0. The van der Waals surface area contributed by atoms with E-state index in [1.54, 1.807) is 14.2 Å². The topological polar surface area (TPSA) is 199 Å². The molecule has 6 rings (SSSR count). The molecule has 0 saturated heterocycles. The first-order chi connectivity index (χ1) is 35.8. The minimum absolute atomic E-state index is 0.0884. The Labute approximate surface area is 459 Å². The summed E-state index contributed by atoms with van der Waals surface area (Å²) in [6, 6.07) is 4.32. The van der Waals surface area contributed by atoms with Gasteiger partial charge in [-0.15, -0.1) is 34.0 Å². The Morgan fingerprint density at radius 2 is 0.577 bits per heavy atom. The lowest BCUT2D eigenvalue weighted by atomic mass is 9.91. The third kappa shape index (κ3) is 18.6. The molecule has 0 bridgehead atoms. The standard InChI is InChI=1S/3C14H11ClF5NO3S2/c3*15-11-1-2-12(25-11)26(23,24)21-10(6-22)13(14(18,19)20)7-3-8(16)5-9(17)4-7/h3*1-5,10,13,21-22H,6H2/t2*10-,13+;10-,13-/m101/s1. The Hall–Kier alpha value is -3.81. The molecule has 0 saturated carbocycles. The molecule has 0 spiro atoms. The minimum Gasteiger partial charge on any atom is -0.395 e. The summed E-state index contributed by atoms with van der Waals surface area (Å²) in [5.41, 5.74) is -2.58. The lowest BCUT2D eigenvalue weighted by Gasteiger charge is -2.28. The van der Waals surface area contributed by atoms with Crippen molar-refractivity contribution >= 4 is 98.9 Å². The van der Waals surface area contributed by atoms with Gasteiger partial charge in [-0.2, -0.15) is 39.5 Å². The molecule has 3 heterocycles. The van der Waals surface area contributed by atoms with Gasteiger partial charge in [0.1, 0.15) is 47.5 Å². The third-order valence-electron chi connectivity index (χ3n) is 9.95. The van der Waals surface area contributed by atoms with Crippen molar-refractivity contribution < 1.29 is 106 Å². The summed E-state index contributed by atoms with van der Waals surface area (Å²) in [5.74, 6) is -15.6. The number of aliphatic hydroxyl groups is 3. The quantitative estimate of drug-likeness (QED) is 0.0453. The first-order valence-electron chi connectivity index (χ1n) is 20.6. The van der Waals surface area contributed by atoms with Gasteiger partial charge in [-0.05, 0) is 89.5 Å². The minimum atomic E-state index is -5.09. The average molecular weight is 1310 g/mol. The summed E-state index contributed by atoms with van der Waals surface area (Å²) in [6.07, 6.45) is -15.3. The van der Waals surface area contributed by atoms with Gasteiger partial charge in [0, 0.05) is 18.2 Å². The van der Waals surface area contributed by atoms with E-state index in [0.29, 0.717) is 88.6 Å². The Morgan fingerprint density at radius 1 is 0.385 bits per heavy atom. The molecule has 6 aromatic rings. The molecule has 0 aliphatic heterocycles. The Bertz CT molecular complexity index is 2940. The summed E-state index contributed by atoms with van der Waals surface area (Å²) in [5, 5.41) is 28.0. The molecule has 0 aliphatic rings. The highest BCUT2D eigenvalue weighted by Gasteiger charge is 2.50. The lowest BCUT2D eigenvalue weighted by molar-refractivity contribution is -0.159. The number of aliphatic hydroxyl groups excluding tert-OH is 3. The van der Waals surface area contributed by atoms with Crippen LogP contribution in [0.15, 0.2) is 104 Å². The van der Waals surface area contributed by atoms with Gasteiger partial charge in [0.2, 0.25) is 30.1 Å². The zero-order chi connectivity index (χ0) is 59.1. The normalized spacial score (nSPS) is 15.0. The first kappa shape index (κ1) is 66.7. The number of benzene rings is 3. The maximum absolute atomic E-state index is 13.5.